The molecule has 0 aliphatic heterocycles. The van der Waals surface area contributed by atoms with Crippen LogP contribution in [0.2, 0.25) is 0 Å². The second-order valence-corrected chi connectivity index (χ2v) is 4.74. The highest BCUT2D eigenvalue weighted by Gasteiger charge is 2.17. The van der Waals surface area contributed by atoms with Gasteiger partial charge in [0.05, 0.1) is 18.5 Å². The first-order valence-electron chi connectivity index (χ1n) is 6.62. The van der Waals surface area contributed by atoms with E-state index in [0.717, 1.165) is 17.7 Å². The summed E-state index contributed by atoms with van der Waals surface area (Å²) in [6.07, 6.45) is 0. The molecule has 120 valence electrons. The zero-order valence-corrected chi connectivity index (χ0v) is 12.4. The van der Waals surface area contributed by atoms with Crippen LogP contribution in [0.15, 0.2) is 36.4 Å². The summed E-state index contributed by atoms with van der Waals surface area (Å²) < 4.78 is 31.4. The summed E-state index contributed by atoms with van der Waals surface area (Å²) in [5.41, 5.74) is 0.876. The van der Waals surface area contributed by atoms with Crippen LogP contribution in [0.4, 0.5) is 20.2 Å². The van der Waals surface area contributed by atoms with E-state index in [-0.39, 0.29) is 5.69 Å². The molecule has 0 saturated carbocycles. The van der Waals surface area contributed by atoms with Gasteiger partial charge in [-0.3, -0.25) is 9.59 Å². The average molecular weight is 320 g/mol. The lowest BCUT2D eigenvalue weighted by atomic mass is 10.2. The maximum Gasteiger partial charge on any atom is 0.314 e. The fourth-order valence-corrected chi connectivity index (χ4v) is 1.87. The van der Waals surface area contributed by atoms with Crippen LogP contribution >= 0.6 is 0 Å². The number of aryl methyl sites for hydroxylation is 1. The number of halogens is 2. The molecule has 7 heteroatoms. The maximum atomic E-state index is 13.5. The Labute approximate surface area is 131 Å². The first kappa shape index (κ1) is 16.4. The molecule has 23 heavy (non-hydrogen) atoms. The molecule has 0 fully saturated rings. The lowest BCUT2D eigenvalue weighted by Crippen LogP contribution is -2.29. The number of ether oxygens (including phenoxy) is 1. The number of carbonyl (C=O) groups is 2. The highest BCUT2D eigenvalue weighted by molar-refractivity contribution is 6.43. The van der Waals surface area contributed by atoms with E-state index in [0.29, 0.717) is 17.5 Å². The van der Waals surface area contributed by atoms with Gasteiger partial charge in [0, 0.05) is 6.07 Å². The van der Waals surface area contributed by atoms with Gasteiger partial charge in [-0.25, -0.2) is 8.78 Å². The van der Waals surface area contributed by atoms with E-state index in [1.165, 1.54) is 7.11 Å². The number of amides is 2. The van der Waals surface area contributed by atoms with Crippen molar-refractivity contribution in [2.45, 2.75) is 6.92 Å². The first-order valence-corrected chi connectivity index (χ1v) is 6.62. The van der Waals surface area contributed by atoms with Gasteiger partial charge in [0.2, 0.25) is 0 Å². The minimum atomic E-state index is -1.08. The van der Waals surface area contributed by atoms with Crippen molar-refractivity contribution in [3.05, 3.63) is 53.6 Å². The molecular formula is C16H14F2N2O3. The van der Waals surface area contributed by atoms with Crippen LogP contribution < -0.4 is 15.4 Å². The molecule has 2 N–H and O–H groups in total. The topological polar surface area (TPSA) is 67.4 Å². The summed E-state index contributed by atoms with van der Waals surface area (Å²) in [4.78, 5) is 23.7. The number of carbonyl (C=O) groups excluding carboxylic acids is 2. The van der Waals surface area contributed by atoms with Crippen molar-refractivity contribution < 1.29 is 23.1 Å². The van der Waals surface area contributed by atoms with Crippen molar-refractivity contribution in [3.8, 4) is 5.75 Å². The first-order chi connectivity index (χ1) is 10.9. The molecule has 0 atom stereocenters. The van der Waals surface area contributed by atoms with Gasteiger partial charge in [-0.15, -0.1) is 0 Å². The van der Waals surface area contributed by atoms with Crippen LogP contribution in [-0.4, -0.2) is 18.9 Å². The van der Waals surface area contributed by atoms with E-state index >= 15 is 0 Å². The van der Waals surface area contributed by atoms with Crippen LogP contribution in [0.25, 0.3) is 0 Å². The van der Waals surface area contributed by atoms with Gasteiger partial charge in [0.1, 0.15) is 17.4 Å². The number of benzene rings is 2. The van der Waals surface area contributed by atoms with Gasteiger partial charge in [-0.1, -0.05) is 6.07 Å². The summed E-state index contributed by atoms with van der Waals surface area (Å²) in [5.74, 6) is -3.46. The number of rotatable bonds is 3. The third-order valence-corrected chi connectivity index (χ3v) is 2.99. The molecule has 5 nitrogen and oxygen atoms in total. The molecule has 0 aliphatic carbocycles. The van der Waals surface area contributed by atoms with Crippen LogP contribution in [0.5, 0.6) is 5.75 Å². The van der Waals surface area contributed by atoms with Gasteiger partial charge in [-0.05, 0) is 36.8 Å². The largest absolute Gasteiger partial charge is 0.495 e. The quantitative estimate of drug-likeness (QED) is 0.855. The summed E-state index contributed by atoms with van der Waals surface area (Å²) in [5, 5.41) is 4.46. The molecule has 0 spiro atoms. The molecule has 0 unspecified atom stereocenters. The van der Waals surface area contributed by atoms with E-state index < -0.39 is 23.4 Å². The van der Waals surface area contributed by atoms with Crippen molar-refractivity contribution in [2.24, 2.45) is 0 Å². The molecular weight excluding hydrogens is 306 g/mol. The monoisotopic (exact) mass is 320 g/mol. The Morgan fingerprint density at radius 3 is 2.22 bits per heavy atom. The molecule has 0 saturated heterocycles. The highest BCUT2D eigenvalue weighted by atomic mass is 19.1. The third kappa shape index (κ3) is 4.03. The van der Waals surface area contributed by atoms with E-state index in [4.69, 9.17) is 4.74 Å². The lowest BCUT2D eigenvalue weighted by molar-refractivity contribution is -0.133. The van der Waals surface area contributed by atoms with Gasteiger partial charge >= 0.3 is 11.8 Å². The minimum absolute atomic E-state index is 0.289. The molecule has 0 aliphatic rings. The number of nitrogens with one attached hydrogen (secondary N) is 2. The Kier molecular flexibility index (Phi) is 4.90. The van der Waals surface area contributed by atoms with Crippen molar-refractivity contribution in [3.63, 3.8) is 0 Å². The minimum Gasteiger partial charge on any atom is -0.495 e. The summed E-state index contributed by atoms with van der Waals surface area (Å²) in [6, 6.07) is 7.66. The second-order valence-electron chi connectivity index (χ2n) is 4.74. The predicted octanol–water partition coefficient (Wildman–Crippen LogP) is 2.86. The van der Waals surface area contributed by atoms with Crippen molar-refractivity contribution in [1.82, 2.24) is 0 Å². The number of methoxy groups -OCH3 is 1. The van der Waals surface area contributed by atoms with E-state index in [9.17, 15) is 18.4 Å². The molecule has 0 aromatic heterocycles. The Hall–Kier alpha value is -2.96. The number of anilines is 2. The van der Waals surface area contributed by atoms with Crippen LogP contribution in [0, 0.1) is 18.6 Å². The molecule has 2 aromatic rings. The van der Waals surface area contributed by atoms with E-state index in [2.05, 4.69) is 10.6 Å². The molecule has 0 heterocycles. The molecule has 2 aromatic carbocycles. The number of hydrogen-bond donors (Lipinski definition) is 2. The van der Waals surface area contributed by atoms with Gasteiger partial charge in [0.15, 0.2) is 0 Å². The standard InChI is InChI=1S/C16H14F2N2O3/c1-9-3-6-14(23-2)13(7-9)20-16(22)15(21)19-12-5-4-10(17)8-11(12)18/h3-8H,1-2H3,(H,19,21)(H,20,22). The highest BCUT2D eigenvalue weighted by Crippen LogP contribution is 2.25. The van der Waals surface area contributed by atoms with Crippen LogP contribution in [-0.2, 0) is 9.59 Å². The lowest BCUT2D eigenvalue weighted by Gasteiger charge is -2.11. The van der Waals surface area contributed by atoms with E-state index in [1.807, 2.05) is 6.92 Å². The van der Waals surface area contributed by atoms with Crippen molar-refractivity contribution >= 4 is 23.2 Å². The Morgan fingerprint density at radius 1 is 0.957 bits per heavy atom. The van der Waals surface area contributed by atoms with Gasteiger partial charge in [0.25, 0.3) is 0 Å². The van der Waals surface area contributed by atoms with Crippen LogP contribution in [0.1, 0.15) is 5.56 Å². The summed E-state index contributed by atoms with van der Waals surface area (Å²) in [6.45, 7) is 1.81. The second kappa shape index (κ2) is 6.87. The molecule has 0 radical (unpaired) electrons. The number of hydrogen-bond acceptors (Lipinski definition) is 3. The van der Waals surface area contributed by atoms with Gasteiger partial charge < -0.3 is 15.4 Å². The van der Waals surface area contributed by atoms with Crippen molar-refractivity contribution in [2.75, 3.05) is 17.7 Å². The van der Waals surface area contributed by atoms with Crippen LogP contribution in [0.3, 0.4) is 0 Å². The third-order valence-electron chi connectivity index (χ3n) is 2.99. The van der Waals surface area contributed by atoms with Crippen molar-refractivity contribution in [1.29, 1.82) is 0 Å². The smallest absolute Gasteiger partial charge is 0.314 e. The molecule has 2 amide bonds. The Bertz CT molecular complexity index is 763. The maximum absolute atomic E-state index is 13.5. The molecule has 2 rings (SSSR count). The van der Waals surface area contributed by atoms with E-state index in [1.54, 1.807) is 18.2 Å². The predicted molar refractivity (Wildman–Crippen MR) is 81.3 cm³/mol. The molecule has 0 bridgehead atoms. The normalized spacial score (nSPS) is 10.1. The summed E-state index contributed by atoms with van der Waals surface area (Å²) >= 11 is 0. The SMILES string of the molecule is COc1ccc(C)cc1NC(=O)C(=O)Nc1ccc(F)cc1F. The fourth-order valence-electron chi connectivity index (χ4n) is 1.87. The zero-order chi connectivity index (χ0) is 17.0. The summed E-state index contributed by atoms with van der Waals surface area (Å²) in [7, 11) is 1.42. The average Bonchev–Trinajstić information content (AvgIpc) is 2.50. The zero-order valence-electron chi connectivity index (χ0n) is 12.4. The Balaban J connectivity index is 2.11. The van der Waals surface area contributed by atoms with Gasteiger partial charge in [-0.2, -0.15) is 0 Å². The fraction of sp³-hybridized carbons (Fsp3) is 0.125. The Morgan fingerprint density at radius 2 is 1.61 bits per heavy atom.